The van der Waals surface area contributed by atoms with Crippen LogP contribution in [0.3, 0.4) is 0 Å². The van der Waals surface area contributed by atoms with Crippen molar-refractivity contribution in [1.82, 2.24) is 4.98 Å². The molecule has 0 aliphatic heterocycles. The monoisotopic (exact) mass is 283 g/mol. The summed E-state index contributed by atoms with van der Waals surface area (Å²) in [5.74, 6) is 6.20. The second-order valence-corrected chi connectivity index (χ2v) is 6.24. The number of aliphatic hydroxyl groups excluding tert-OH is 1. The molecule has 0 atom stereocenters. The zero-order chi connectivity index (χ0) is 14.1. The van der Waals surface area contributed by atoms with Crippen molar-refractivity contribution in [2.24, 2.45) is 0 Å². The molecule has 0 aliphatic carbocycles. The van der Waals surface area contributed by atoms with E-state index in [1.54, 1.807) is 19.2 Å². The predicted molar refractivity (Wildman–Crippen MR) is 72.6 cm³/mol. The molecule has 1 N–H and O–H groups in total. The lowest BCUT2D eigenvalue weighted by molar-refractivity contribution is 0.305. The smallest absolute Gasteiger partial charge is 0.153 e. The average molecular weight is 283 g/mol. The molecule has 0 unspecified atom stereocenters. The summed E-state index contributed by atoms with van der Waals surface area (Å²) in [6, 6.07) is 1.69. The molecule has 5 nitrogen and oxygen atoms in total. The largest absolute Gasteiger partial charge is 0.491 e. The van der Waals surface area contributed by atoms with E-state index in [4.69, 9.17) is 9.84 Å². The van der Waals surface area contributed by atoms with E-state index >= 15 is 0 Å². The molecule has 6 heteroatoms. The van der Waals surface area contributed by atoms with E-state index < -0.39 is 9.84 Å². The standard InChI is InChI=1S/C13H17NO4S/c1-2-19(16,17)8-7-18-13-9-12(10-14-11-13)5-3-4-6-15/h9-11,15H,2,4,6-8H2,1H3. The highest BCUT2D eigenvalue weighted by Crippen LogP contribution is 2.10. The third-order valence-electron chi connectivity index (χ3n) is 2.29. The summed E-state index contributed by atoms with van der Waals surface area (Å²) >= 11 is 0. The highest BCUT2D eigenvalue weighted by Gasteiger charge is 2.07. The number of nitrogens with zero attached hydrogens (tertiary/aromatic N) is 1. The Kier molecular flexibility index (Phi) is 6.33. The lowest BCUT2D eigenvalue weighted by atomic mass is 10.2. The number of pyridine rings is 1. The highest BCUT2D eigenvalue weighted by atomic mass is 32.2. The number of rotatable bonds is 6. The van der Waals surface area contributed by atoms with E-state index in [-0.39, 0.29) is 24.7 Å². The van der Waals surface area contributed by atoms with E-state index in [0.29, 0.717) is 17.7 Å². The van der Waals surface area contributed by atoms with Crippen LogP contribution in [0.1, 0.15) is 18.9 Å². The molecule has 0 fully saturated rings. The predicted octanol–water partition coefficient (Wildman–Crippen LogP) is 0.629. The van der Waals surface area contributed by atoms with E-state index in [1.807, 2.05) is 0 Å². The maximum absolute atomic E-state index is 11.3. The second kappa shape index (κ2) is 7.77. The zero-order valence-electron chi connectivity index (χ0n) is 10.8. The van der Waals surface area contributed by atoms with Crippen LogP contribution in [0.4, 0.5) is 0 Å². The van der Waals surface area contributed by atoms with E-state index in [2.05, 4.69) is 16.8 Å². The van der Waals surface area contributed by atoms with Gasteiger partial charge in [0, 0.05) is 23.9 Å². The Morgan fingerprint density at radius 2 is 2.21 bits per heavy atom. The Hall–Kier alpha value is -1.58. The fourth-order valence-electron chi connectivity index (χ4n) is 1.22. The van der Waals surface area contributed by atoms with Crippen molar-refractivity contribution in [3.63, 3.8) is 0 Å². The zero-order valence-corrected chi connectivity index (χ0v) is 11.6. The molecule has 0 bridgehead atoms. The topological polar surface area (TPSA) is 76.5 Å². The van der Waals surface area contributed by atoms with Crippen LogP contribution >= 0.6 is 0 Å². The van der Waals surface area contributed by atoms with Crippen molar-refractivity contribution in [1.29, 1.82) is 0 Å². The molecular formula is C13H17NO4S. The van der Waals surface area contributed by atoms with E-state index in [1.165, 1.54) is 6.20 Å². The number of hydrogen-bond acceptors (Lipinski definition) is 5. The number of ether oxygens (including phenoxy) is 1. The third-order valence-corrected chi connectivity index (χ3v) is 3.95. The van der Waals surface area contributed by atoms with Gasteiger partial charge in [0.1, 0.15) is 12.4 Å². The van der Waals surface area contributed by atoms with Gasteiger partial charge in [-0.25, -0.2) is 8.42 Å². The lowest BCUT2D eigenvalue weighted by Crippen LogP contribution is -2.15. The van der Waals surface area contributed by atoms with Crippen molar-refractivity contribution in [2.45, 2.75) is 13.3 Å². The Bertz CT molecular complexity index is 557. The molecular weight excluding hydrogens is 266 g/mol. The van der Waals surface area contributed by atoms with Gasteiger partial charge in [-0.05, 0) is 6.07 Å². The Morgan fingerprint density at radius 3 is 2.89 bits per heavy atom. The highest BCUT2D eigenvalue weighted by molar-refractivity contribution is 7.91. The first kappa shape index (κ1) is 15.5. The molecule has 0 amide bonds. The first-order chi connectivity index (χ1) is 9.07. The van der Waals surface area contributed by atoms with E-state index in [0.717, 1.165) is 0 Å². The Balaban J connectivity index is 2.56. The normalized spacial score (nSPS) is 10.6. The molecule has 1 heterocycles. The quantitative estimate of drug-likeness (QED) is 0.775. The lowest BCUT2D eigenvalue weighted by Gasteiger charge is -2.05. The molecule has 0 aliphatic rings. The minimum absolute atomic E-state index is 0.0100. The van der Waals surface area contributed by atoms with Crippen LogP contribution in [0.15, 0.2) is 18.5 Å². The molecule has 1 aromatic heterocycles. The van der Waals surface area contributed by atoms with Gasteiger partial charge in [0.05, 0.1) is 18.6 Å². The fraction of sp³-hybridized carbons (Fsp3) is 0.462. The summed E-state index contributed by atoms with van der Waals surface area (Å²) < 4.78 is 27.9. The van der Waals surface area contributed by atoms with Gasteiger partial charge in [0.2, 0.25) is 0 Å². The molecule has 19 heavy (non-hydrogen) atoms. The Labute approximate surface area is 113 Å². The summed E-state index contributed by atoms with van der Waals surface area (Å²) in [6.07, 6.45) is 3.50. The first-order valence-electron chi connectivity index (χ1n) is 5.95. The van der Waals surface area contributed by atoms with Crippen molar-refractivity contribution in [2.75, 3.05) is 24.7 Å². The maximum Gasteiger partial charge on any atom is 0.153 e. The summed E-state index contributed by atoms with van der Waals surface area (Å²) in [5.41, 5.74) is 0.671. The summed E-state index contributed by atoms with van der Waals surface area (Å²) in [7, 11) is -3.02. The number of aliphatic hydroxyl groups is 1. The minimum Gasteiger partial charge on any atom is -0.491 e. The molecule has 0 saturated heterocycles. The minimum atomic E-state index is -3.02. The van der Waals surface area contributed by atoms with Crippen LogP contribution < -0.4 is 4.74 Å². The van der Waals surface area contributed by atoms with Crippen LogP contribution in [0.2, 0.25) is 0 Å². The number of hydrogen-bond donors (Lipinski definition) is 1. The van der Waals surface area contributed by atoms with Gasteiger partial charge in [0.15, 0.2) is 9.84 Å². The van der Waals surface area contributed by atoms with Gasteiger partial charge in [0.25, 0.3) is 0 Å². The average Bonchev–Trinajstić information content (AvgIpc) is 2.39. The van der Waals surface area contributed by atoms with Gasteiger partial charge in [-0.15, -0.1) is 0 Å². The van der Waals surface area contributed by atoms with Gasteiger partial charge in [-0.2, -0.15) is 0 Å². The van der Waals surface area contributed by atoms with Crippen LogP contribution in [-0.4, -0.2) is 43.2 Å². The molecule has 0 spiro atoms. The molecule has 1 aromatic rings. The molecule has 104 valence electrons. The van der Waals surface area contributed by atoms with Gasteiger partial charge < -0.3 is 9.84 Å². The Morgan fingerprint density at radius 1 is 1.42 bits per heavy atom. The molecule has 0 radical (unpaired) electrons. The van der Waals surface area contributed by atoms with Crippen molar-refractivity contribution >= 4 is 9.84 Å². The second-order valence-electron chi connectivity index (χ2n) is 3.77. The molecule has 1 rings (SSSR count). The van der Waals surface area contributed by atoms with Gasteiger partial charge in [-0.1, -0.05) is 18.8 Å². The SMILES string of the molecule is CCS(=O)(=O)CCOc1cncc(C#CCCO)c1. The van der Waals surface area contributed by atoms with Gasteiger partial charge in [-0.3, -0.25) is 4.98 Å². The first-order valence-corrected chi connectivity index (χ1v) is 7.77. The number of aromatic nitrogens is 1. The summed E-state index contributed by atoms with van der Waals surface area (Å²) in [4.78, 5) is 3.96. The maximum atomic E-state index is 11.3. The van der Waals surface area contributed by atoms with Crippen molar-refractivity contribution in [3.8, 4) is 17.6 Å². The fourth-order valence-corrected chi connectivity index (χ4v) is 1.84. The van der Waals surface area contributed by atoms with Crippen molar-refractivity contribution < 1.29 is 18.3 Å². The van der Waals surface area contributed by atoms with Crippen LogP contribution in [-0.2, 0) is 9.84 Å². The molecule has 0 aromatic carbocycles. The number of sulfone groups is 1. The summed E-state index contributed by atoms with van der Waals surface area (Å²) in [6.45, 7) is 1.73. The summed E-state index contributed by atoms with van der Waals surface area (Å²) in [5, 5.41) is 8.61. The third kappa shape index (κ3) is 6.22. The van der Waals surface area contributed by atoms with Crippen LogP contribution in [0, 0.1) is 11.8 Å². The van der Waals surface area contributed by atoms with E-state index in [9.17, 15) is 8.42 Å². The van der Waals surface area contributed by atoms with Crippen LogP contribution in [0.5, 0.6) is 5.75 Å². The van der Waals surface area contributed by atoms with Gasteiger partial charge >= 0.3 is 0 Å². The van der Waals surface area contributed by atoms with Crippen LogP contribution in [0.25, 0.3) is 0 Å². The molecule has 0 saturated carbocycles. The van der Waals surface area contributed by atoms with Crippen molar-refractivity contribution in [3.05, 3.63) is 24.0 Å².